The molecule has 0 bridgehead atoms. The van der Waals surface area contributed by atoms with Crippen molar-refractivity contribution in [3.63, 3.8) is 0 Å². The number of nitrogens with one attached hydrogen (secondary N) is 3. The summed E-state index contributed by atoms with van der Waals surface area (Å²) < 4.78 is 131. The average Bonchev–Trinajstić information content (AvgIpc) is 0.754. The minimum Gasteiger partial charge on any atom is -0.481 e. The van der Waals surface area contributed by atoms with Crippen molar-refractivity contribution in [2.75, 3.05) is 191 Å². The number of carboxylic acid groups (broad SMARTS) is 2. The van der Waals surface area contributed by atoms with Gasteiger partial charge in [0.05, 0.1) is 187 Å². The van der Waals surface area contributed by atoms with Crippen molar-refractivity contribution in [2.45, 2.75) is 103 Å². The Kier molecular flexibility index (Phi) is 46.8. The highest BCUT2D eigenvalue weighted by Gasteiger charge is 2.30. The van der Waals surface area contributed by atoms with Gasteiger partial charge in [-0.2, -0.15) is 4.98 Å². The fourth-order valence-electron chi connectivity index (χ4n) is 12.6. The lowest BCUT2D eigenvalue weighted by Gasteiger charge is -2.19. The molecule has 0 spiro atoms. The van der Waals surface area contributed by atoms with E-state index in [1.54, 1.807) is 48.3 Å². The van der Waals surface area contributed by atoms with Crippen LogP contribution in [0.15, 0.2) is 100 Å². The van der Waals surface area contributed by atoms with Crippen molar-refractivity contribution in [3.8, 4) is 22.5 Å². The van der Waals surface area contributed by atoms with Crippen LogP contribution < -0.4 is 37.6 Å². The monoisotopic (exact) mass is 1910 g/mol. The third-order valence-electron chi connectivity index (χ3n) is 19.4. The number of carboxylic acids is 2. The minimum absolute atomic E-state index is 0.0108. The lowest BCUT2D eigenvalue weighted by atomic mass is 9.88. The number of esters is 1. The first kappa shape index (κ1) is 107. The van der Waals surface area contributed by atoms with Crippen molar-refractivity contribution in [1.82, 2.24) is 44.8 Å². The fraction of sp³-hybridized carbons (Fsp3) is 0.524. The van der Waals surface area contributed by atoms with Crippen LogP contribution in [0.1, 0.15) is 119 Å². The number of phosphoric ester groups is 3. The van der Waals surface area contributed by atoms with Crippen LogP contribution in [-0.2, 0) is 133 Å². The summed E-state index contributed by atoms with van der Waals surface area (Å²) in [7, 11) is -8.52. The standard InChI is InChI=1S/C84H115N12O33P3/c1-87-62-18-21-68-73(52-62)129-74-53-65(95(2)3)19-22-69(74)78(68)70-50-60(15-20-67(70)83(105)106)71(97)9-5-6-29-121-56-66(128-77(101)25-23-75(85)99)26-31-123-131(109,110)126-57-127-132(111,112)125-49-47-120-45-43-118-41-39-116-38-40-117-42-44-119-46-48-124-130(107,108)122-30-7-4-8-64-55-96(94-93-64)28-33-114-35-37-115-36-34-113-32-27-88-76(100)24-16-61(82(103)104)51-72(98)59-13-10-58(11-14-59)12-17-63-54-89-80-79(90-63)81(102)92-84(86)91-80/h10-11,13-15,18-22,50,52-55,61,66H,4-9,12,16-17,23-49,51,56-57H2,1-3H3,(H11,85,86,88,89,91,92,99,100,102,103,104,105,106,107,108,109,110,111,112)/p+1. The highest BCUT2D eigenvalue weighted by atomic mass is 31.2. The number of carbonyl (C=O) groups is 7. The normalized spacial score (nSPS) is 13.5. The number of phosphoric acid groups is 3. The zero-order valence-corrected chi connectivity index (χ0v) is 76.4. The SMILES string of the molecule is CNc1ccc2c(-c3cc(C(=O)CCCCOCC(CCOP(=O)(O)OCOP(=O)(O)OCCOCCOCCOCCOCCOCCOP(=O)(O)OCCCCc4cn(CCOCCOCCOCCNC(=O)CCC(CC(=O)c5ccc(CCc6cnc7nc(N)[nH]c(=O)c7n6)cc5)C(=O)O)nn4)OC(=O)CCC(N)=O)ccc3C(=O)O)c3ccc(=[N+](C)C)cc-3oc2c1. The molecule has 0 saturated heterocycles. The topological polar surface area (TPSA) is 614 Å². The van der Waals surface area contributed by atoms with Gasteiger partial charge in [-0.15, -0.1) is 5.10 Å². The smallest absolute Gasteiger partial charge is 0.474 e. The quantitative estimate of drug-likeness (QED) is 0.00381. The number of aryl methyl sites for hydroxylation is 3. The Bertz CT molecular complexity index is 5270. The number of aromatic carboxylic acids is 1. The van der Waals surface area contributed by atoms with Gasteiger partial charge in [0.15, 0.2) is 29.5 Å². The number of nitrogens with zero attached hydrogens (tertiary/aromatic N) is 7. The molecule has 1 aliphatic carbocycles. The van der Waals surface area contributed by atoms with Crippen molar-refractivity contribution < 1.29 is 151 Å². The second-order valence-electron chi connectivity index (χ2n) is 29.6. The van der Waals surface area contributed by atoms with Gasteiger partial charge in [-0.1, -0.05) is 35.5 Å². The molecule has 5 unspecified atom stereocenters. The molecule has 5 atom stereocenters. The molecule has 48 heteroatoms. The van der Waals surface area contributed by atoms with Crippen LogP contribution in [0.5, 0.6) is 0 Å². The second kappa shape index (κ2) is 57.5. The number of ketones is 2. The van der Waals surface area contributed by atoms with Crippen LogP contribution in [0, 0.1) is 5.92 Å². The maximum atomic E-state index is 13.7. The molecule has 8 rings (SSSR count). The lowest BCUT2D eigenvalue weighted by Crippen LogP contribution is -2.29. The summed E-state index contributed by atoms with van der Waals surface area (Å²) in [6, 6.07) is 22.3. The molecular weight excluding hydrogens is 1800 g/mol. The van der Waals surface area contributed by atoms with Gasteiger partial charge in [0, 0.05) is 104 Å². The molecule has 0 fully saturated rings. The molecule has 3 aromatic heterocycles. The van der Waals surface area contributed by atoms with Crippen molar-refractivity contribution in [2.24, 2.45) is 11.7 Å². The zero-order valence-electron chi connectivity index (χ0n) is 73.7. The third kappa shape index (κ3) is 40.0. The van der Waals surface area contributed by atoms with E-state index in [0.29, 0.717) is 123 Å². The number of primary amides is 1. The molecule has 12 N–H and O–H groups in total. The van der Waals surface area contributed by atoms with Crippen LogP contribution in [-0.4, -0.2) is 287 Å². The van der Waals surface area contributed by atoms with Gasteiger partial charge in [0.1, 0.15) is 31.5 Å². The van der Waals surface area contributed by atoms with Crippen molar-refractivity contribution in [1.29, 1.82) is 0 Å². The summed E-state index contributed by atoms with van der Waals surface area (Å²) in [5.74, 6) is -5.53. The molecule has 2 amide bonds. The number of fused-ring (bicyclic) bond motifs is 3. The minimum atomic E-state index is -4.94. The first-order valence-corrected chi connectivity index (χ1v) is 47.1. The number of hydrogen-bond acceptors (Lipinski definition) is 35. The zero-order chi connectivity index (χ0) is 95.1. The van der Waals surface area contributed by atoms with E-state index < -0.39 is 84.9 Å². The first-order valence-electron chi connectivity index (χ1n) is 42.6. The summed E-state index contributed by atoms with van der Waals surface area (Å²) in [6.45, 7) is 1.27. The van der Waals surface area contributed by atoms with E-state index in [2.05, 4.69) is 49.9 Å². The van der Waals surface area contributed by atoms with Gasteiger partial charge in [0.25, 0.3) is 5.56 Å². The number of amides is 2. The molecule has 132 heavy (non-hydrogen) atoms. The van der Waals surface area contributed by atoms with E-state index in [1.807, 2.05) is 55.1 Å². The van der Waals surface area contributed by atoms with Gasteiger partial charge in [0.2, 0.25) is 23.1 Å². The first-order chi connectivity index (χ1) is 63.4. The Morgan fingerprint density at radius 3 is 1.82 bits per heavy atom. The predicted molar refractivity (Wildman–Crippen MR) is 472 cm³/mol. The Balaban J connectivity index is 0.550. The van der Waals surface area contributed by atoms with E-state index in [4.69, 9.17) is 81.3 Å². The number of hydrogen-bond donors (Lipinski definition) is 10. The largest absolute Gasteiger partial charge is 0.481 e. The Hall–Kier alpha value is -10.0. The lowest BCUT2D eigenvalue weighted by molar-refractivity contribution is -0.154. The molecule has 0 radical (unpaired) electrons. The maximum Gasteiger partial charge on any atom is 0.474 e. The number of aromatic amines is 1. The number of aromatic nitrogens is 7. The number of nitrogen functional groups attached to an aromatic ring is 1. The number of aliphatic carboxylic acids is 1. The van der Waals surface area contributed by atoms with Crippen LogP contribution in [0.3, 0.4) is 0 Å². The van der Waals surface area contributed by atoms with E-state index in [-0.39, 0.29) is 203 Å². The van der Waals surface area contributed by atoms with Gasteiger partial charge in [-0.25, -0.2) is 37.7 Å². The summed E-state index contributed by atoms with van der Waals surface area (Å²) in [5, 5.41) is 35.7. The van der Waals surface area contributed by atoms with Gasteiger partial charge in [-0.3, -0.25) is 65.7 Å². The number of unbranched alkanes of at least 4 members (excludes halogenated alkanes) is 2. The van der Waals surface area contributed by atoms with Gasteiger partial charge >= 0.3 is 41.4 Å². The number of benzene rings is 4. The number of nitrogens with two attached hydrogens (primary N) is 2. The molecule has 2 aliphatic rings. The molecule has 724 valence electrons. The third-order valence-corrected chi connectivity index (χ3v) is 22.3. The molecule has 6 aromatic rings. The van der Waals surface area contributed by atoms with Crippen LogP contribution in [0.4, 0.5) is 11.6 Å². The maximum absolute atomic E-state index is 13.7. The Labute approximate surface area is 759 Å². The summed E-state index contributed by atoms with van der Waals surface area (Å²) >= 11 is 0. The number of carbonyl (C=O) groups excluding carboxylic acids is 5. The van der Waals surface area contributed by atoms with Gasteiger partial charge in [-0.05, 0) is 92.8 Å². The number of ether oxygens (including phenoxy) is 10. The Morgan fingerprint density at radius 1 is 0.583 bits per heavy atom. The van der Waals surface area contributed by atoms with Gasteiger partial charge < -0.3 is 98.8 Å². The van der Waals surface area contributed by atoms with Crippen molar-refractivity contribution >= 4 is 98.5 Å². The van der Waals surface area contributed by atoms with E-state index >= 15 is 0 Å². The summed E-state index contributed by atoms with van der Waals surface area (Å²) in [4.78, 5) is 145. The van der Waals surface area contributed by atoms with Crippen LogP contribution >= 0.6 is 23.5 Å². The number of Topliss-reactive ketones (excluding diaryl/α,β-unsaturated/α-hetero) is 2. The molecule has 0 saturated carbocycles. The van der Waals surface area contributed by atoms with E-state index in [9.17, 15) is 76.9 Å². The van der Waals surface area contributed by atoms with Crippen LogP contribution in [0.25, 0.3) is 44.6 Å². The Morgan fingerprint density at radius 2 is 1.19 bits per heavy atom. The number of rotatable bonds is 71. The molecule has 45 nitrogen and oxygen atoms in total. The fourth-order valence-corrected chi connectivity index (χ4v) is 14.5. The molecular formula is C84H116N12O33P3+. The van der Waals surface area contributed by atoms with Crippen molar-refractivity contribution in [3.05, 3.63) is 141 Å². The van der Waals surface area contributed by atoms with Crippen LogP contribution in [0.2, 0.25) is 0 Å². The molecule has 4 heterocycles. The summed E-state index contributed by atoms with van der Waals surface area (Å²) in [5.41, 5.74) is 16.1. The molecule has 1 aliphatic heterocycles. The van der Waals surface area contributed by atoms with E-state index in [1.165, 1.54) is 18.3 Å². The average molecular weight is 1910 g/mol. The number of anilines is 2. The summed E-state index contributed by atoms with van der Waals surface area (Å²) in [6.07, 6.45) is 4.30. The predicted octanol–water partition coefficient (Wildman–Crippen LogP) is 6.28. The second-order valence-corrected chi connectivity index (χ2v) is 33.9. The highest BCUT2D eigenvalue weighted by molar-refractivity contribution is 7.48. The number of H-pyrrole nitrogens is 1. The highest BCUT2D eigenvalue weighted by Crippen LogP contribution is 2.48. The molecule has 3 aromatic carbocycles. The van der Waals surface area contributed by atoms with E-state index in [0.717, 1.165) is 22.3 Å².